The number of rotatable bonds is 4. The SMILES string of the molecule is O=C1NC(c2ccc(-c3cccc(C(F)(F)F)c3)o2)Nc2sc3c(c21)CCN(Cc1ccccc1)C3. The van der Waals surface area contributed by atoms with Crippen LogP contribution in [0.4, 0.5) is 18.2 Å². The summed E-state index contributed by atoms with van der Waals surface area (Å²) in [5.74, 6) is 0.568. The van der Waals surface area contributed by atoms with Gasteiger partial charge < -0.3 is 15.1 Å². The minimum atomic E-state index is -4.43. The largest absolute Gasteiger partial charge is 0.457 e. The van der Waals surface area contributed by atoms with Gasteiger partial charge in [-0.25, -0.2) is 0 Å². The molecule has 36 heavy (non-hydrogen) atoms. The van der Waals surface area contributed by atoms with Crippen molar-refractivity contribution in [1.82, 2.24) is 10.2 Å². The molecule has 2 aromatic carbocycles. The second kappa shape index (κ2) is 8.83. The van der Waals surface area contributed by atoms with Crippen LogP contribution in [0.1, 0.15) is 43.9 Å². The molecule has 0 saturated carbocycles. The van der Waals surface area contributed by atoms with Crippen LogP contribution in [0.3, 0.4) is 0 Å². The molecule has 0 saturated heterocycles. The number of alkyl halides is 3. The van der Waals surface area contributed by atoms with Gasteiger partial charge in [0.1, 0.15) is 16.5 Å². The molecule has 0 radical (unpaired) electrons. The van der Waals surface area contributed by atoms with Gasteiger partial charge in [-0.15, -0.1) is 11.3 Å². The van der Waals surface area contributed by atoms with Gasteiger partial charge in [-0.3, -0.25) is 9.69 Å². The van der Waals surface area contributed by atoms with Crippen molar-refractivity contribution >= 4 is 22.2 Å². The van der Waals surface area contributed by atoms with Crippen LogP contribution in [0, 0.1) is 0 Å². The first-order chi connectivity index (χ1) is 17.3. The third-order valence-electron chi connectivity index (χ3n) is 6.55. The molecule has 0 aliphatic carbocycles. The molecule has 1 amide bonds. The van der Waals surface area contributed by atoms with Crippen LogP contribution in [0.15, 0.2) is 71.1 Å². The van der Waals surface area contributed by atoms with E-state index >= 15 is 0 Å². The second-order valence-corrected chi connectivity index (χ2v) is 10.1. The Bertz CT molecular complexity index is 1430. The average Bonchev–Trinajstić information content (AvgIpc) is 3.49. The molecule has 2 N–H and O–H groups in total. The molecule has 1 atom stereocenters. The van der Waals surface area contributed by atoms with Crippen LogP contribution in [-0.4, -0.2) is 17.4 Å². The summed E-state index contributed by atoms with van der Waals surface area (Å²) in [6, 6.07) is 18.6. The summed E-state index contributed by atoms with van der Waals surface area (Å²) in [7, 11) is 0. The van der Waals surface area contributed by atoms with Crippen molar-refractivity contribution in [2.24, 2.45) is 0 Å². The monoisotopic (exact) mass is 509 g/mol. The number of halogens is 3. The van der Waals surface area contributed by atoms with Gasteiger partial charge in [-0.1, -0.05) is 42.5 Å². The zero-order chi connectivity index (χ0) is 24.9. The number of thiophene rings is 1. The van der Waals surface area contributed by atoms with Gasteiger partial charge in [0.05, 0.1) is 11.1 Å². The van der Waals surface area contributed by atoms with Crippen molar-refractivity contribution in [1.29, 1.82) is 0 Å². The zero-order valence-corrected chi connectivity index (χ0v) is 19.9. The summed E-state index contributed by atoms with van der Waals surface area (Å²) in [6.07, 6.45) is -4.24. The number of hydrogen-bond acceptors (Lipinski definition) is 5. The van der Waals surface area contributed by atoms with E-state index in [2.05, 4.69) is 27.7 Å². The average molecular weight is 510 g/mol. The quantitative estimate of drug-likeness (QED) is 0.333. The van der Waals surface area contributed by atoms with Crippen LogP contribution in [0.2, 0.25) is 0 Å². The lowest BCUT2D eigenvalue weighted by atomic mass is 10.0. The summed E-state index contributed by atoms with van der Waals surface area (Å²) >= 11 is 1.58. The minimum Gasteiger partial charge on any atom is -0.457 e. The Morgan fingerprint density at radius 2 is 1.86 bits per heavy atom. The Balaban J connectivity index is 1.21. The van der Waals surface area contributed by atoms with Crippen molar-refractivity contribution in [2.45, 2.75) is 31.9 Å². The highest BCUT2D eigenvalue weighted by Gasteiger charge is 2.35. The van der Waals surface area contributed by atoms with E-state index in [0.717, 1.165) is 48.8 Å². The molecule has 6 rings (SSSR count). The predicted molar refractivity (Wildman–Crippen MR) is 132 cm³/mol. The van der Waals surface area contributed by atoms with Crippen molar-refractivity contribution < 1.29 is 22.4 Å². The molecule has 4 heterocycles. The summed E-state index contributed by atoms with van der Waals surface area (Å²) < 4.78 is 45.2. The van der Waals surface area contributed by atoms with E-state index in [4.69, 9.17) is 4.42 Å². The predicted octanol–water partition coefficient (Wildman–Crippen LogP) is 6.44. The van der Waals surface area contributed by atoms with Gasteiger partial charge >= 0.3 is 6.18 Å². The van der Waals surface area contributed by atoms with Gasteiger partial charge in [0.15, 0.2) is 6.17 Å². The zero-order valence-electron chi connectivity index (χ0n) is 19.1. The van der Waals surface area contributed by atoms with Gasteiger partial charge in [-0.05, 0) is 41.8 Å². The number of fused-ring (bicyclic) bond motifs is 3. The number of carbonyl (C=O) groups is 1. The molecule has 4 aromatic rings. The number of nitrogens with one attached hydrogen (secondary N) is 2. The lowest BCUT2D eigenvalue weighted by Gasteiger charge is -2.28. The third-order valence-corrected chi connectivity index (χ3v) is 7.70. The van der Waals surface area contributed by atoms with E-state index in [-0.39, 0.29) is 5.91 Å². The summed E-state index contributed by atoms with van der Waals surface area (Å²) in [4.78, 5) is 16.6. The van der Waals surface area contributed by atoms with E-state index in [1.165, 1.54) is 16.5 Å². The Labute approximate surface area is 209 Å². The van der Waals surface area contributed by atoms with Crippen molar-refractivity contribution in [2.75, 3.05) is 11.9 Å². The molecule has 0 bridgehead atoms. The van der Waals surface area contributed by atoms with Crippen LogP contribution < -0.4 is 10.6 Å². The number of furan rings is 1. The Kier molecular flexibility index (Phi) is 5.61. The molecule has 0 spiro atoms. The highest BCUT2D eigenvalue weighted by atomic mass is 32.1. The number of nitrogens with zero attached hydrogens (tertiary/aromatic N) is 1. The number of anilines is 1. The first kappa shape index (κ1) is 22.9. The number of benzene rings is 2. The molecule has 9 heteroatoms. The van der Waals surface area contributed by atoms with Gasteiger partial charge in [0.25, 0.3) is 5.91 Å². The standard InChI is InChI=1S/C27H22F3N3O2S/c28-27(29,30)18-8-4-7-17(13-18)20-9-10-21(35-20)24-31-25(34)23-19-11-12-33(14-16-5-2-1-3-6-16)15-22(19)36-26(23)32-24/h1-10,13,24,32H,11-12,14-15H2,(H,31,34). The third kappa shape index (κ3) is 4.29. The van der Waals surface area contributed by atoms with Gasteiger partial charge in [-0.2, -0.15) is 13.2 Å². The second-order valence-electron chi connectivity index (χ2n) is 8.99. The fourth-order valence-electron chi connectivity index (χ4n) is 4.80. The summed E-state index contributed by atoms with van der Waals surface area (Å²) in [5, 5.41) is 7.10. The number of hydrogen-bond donors (Lipinski definition) is 2. The highest BCUT2D eigenvalue weighted by Crippen LogP contribution is 2.41. The normalized spacial score (nSPS) is 17.8. The molecule has 5 nitrogen and oxygen atoms in total. The maximum Gasteiger partial charge on any atom is 0.416 e. The highest BCUT2D eigenvalue weighted by molar-refractivity contribution is 7.16. The molecular weight excluding hydrogens is 487 g/mol. The lowest BCUT2D eigenvalue weighted by Crippen LogP contribution is -2.38. The first-order valence-corrected chi connectivity index (χ1v) is 12.4. The Hall–Kier alpha value is -3.56. The van der Waals surface area contributed by atoms with Crippen LogP contribution in [0.5, 0.6) is 0 Å². The Morgan fingerprint density at radius 1 is 1.03 bits per heavy atom. The van der Waals surface area contributed by atoms with Crippen LogP contribution >= 0.6 is 11.3 Å². The topological polar surface area (TPSA) is 57.5 Å². The van der Waals surface area contributed by atoms with Crippen molar-refractivity contribution in [3.05, 3.63) is 99.6 Å². The maximum atomic E-state index is 13.1. The summed E-state index contributed by atoms with van der Waals surface area (Å²) in [5.41, 5.74) is 2.62. The smallest absolute Gasteiger partial charge is 0.416 e. The van der Waals surface area contributed by atoms with Crippen LogP contribution in [0.25, 0.3) is 11.3 Å². The van der Waals surface area contributed by atoms with E-state index in [0.29, 0.717) is 22.6 Å². The molecule has 2 aliphatic heterocycles. The van der Waals surface area contributed by atoms with E-state index < -0.39 is 17.9 Å². The van der Waals surface area contributed by atoms with Crippen molar-refractivity contribution in [3.63, 3.8) is 0 Å². The molecule has 184 valence electrons. The Morgan fingerprint density at radius 3 is 2.67 bits per heavy atom. The molecule has 2 aliphatic rings. The van der Waals surface area contributed by atoms with Crippen molar-refractivity contribution in [3.8, 4) is 11.3 Å². The van der Waals surface area contributed by atoms with Crippen LogP contribution in [-0.2, 0) is 25.7 Å². The number of carbonyl (C=O) groups excluding carboxylic acids is 1. The van der Waals surface area contributed by atoms with E-state index in [1.807, 2.05) is 18.2 Å². The fraction of sp³-hybridized carbons (Fsp3) is 0.222. The maximum absolute atomic E-state index is 13.1. The molecule has 0 fully saturated rings. The molecule has 2 aromatic heterocycles. The minimum absolute atomic E-state index is 0.167. The van der Waals surface area contributed by atoms with E-state index in [1.54, 1.807) is 29.5 Å². The number of amides is 1. The molecular formula is C27H22F3N3O2S. The van der Waals surface area contributed by atoms with Gasteiger partial charge in [0, 0.05) is 30.1 Å². The molecule has 1 unspecified atom stereocenters. The first-order valence-electron chi connectivity index (χ1n) is 11.6. The fourth-order valence-corrected chi connectivity index (χ4v) is 6.12. The van der Waals surface area contributed by atoms with Gasteiger partial charge in [0.2, 0.25) is 0 Å². The van der Waals surface area contributed by atoms with E-state index in [9.17, 15) is 18.0 Å². The lowest BCUT2D eigenvalue weighted by molar-refractivity contribution is -0.137. The summed E-state index contributed by atoms with van der Waals surface area (Å²) in [6.45, 7) is 2.51.